The van der Waals surface area contributed by atoms with Crippen molar-refractivity contribution in [3.05, 3.63) is 82.3 Å². The lowest BCUT2D eigenvalue weighted by Gasteiger charge is -2.27. The van der Waals surface area contributed by atoms with E-state index in [2.05, 4.69) is 113 Å². The van der Waals surface area contributed by atoms with E-state index in [9.17, 15) is 22.6 Å². The van der Waals surface area contributed by atoms with Crippen molar-refractivity contribution < 1.29 is 32.2 Å². The quantitative estimate of drug-likeness (QED) is 0.0530. The van der Waals surface area contributed by atoms with Gasteiger partial charge in [0.15, 0.2) is 11.5 Å². The zero-order chi connectivity index (χ0) is 40.8. The summed E-state index contributed by atoms with van der Waals surface area (Å²) in [6, 6.07) is 11.5. The predicted molar refractivity (Wildman–Crippen MR) is 220 cm³/mol. The number of hydrogen-bond donors (Lipinski definition) is 4. The summed E-state index contributed by atoms with van der Waals surface area (Å²) in [6.45, 7) is 14.3. The third-order valence-corrected chi connectivity index (χ3v) is 11.5. The number of halogens is 1. The maximum atomic E-state index is 12.6. The largest absolute Gasteiger partial charge is 0.480 e. The molecule has 0 fully saturated rings. The van der Waals surface area contributed by atoms with Gasteiger partial charge in [-0.2, -0.15) is 27.9 Å². The van der Waals surface area contributed by atoms with Crippen molar-refractivity contribution in [2.45, 2.75) is 102 Å². The number of carbonyl (C=O) groups is 2. The Morgan fingerprint density at radius 2 is 1.59 bits per heavy atom. The van der Waals surface area contributed by atoms with Crippen LogP contribution in [0.25, 0.3) is 0 Å². The first-order valence-electron chi connectivity index (χ1n) is 19.1. The van der Waals surface area contributed by atoms with Gasteiger partial charge in [0.2, 0.25) is 22.9 Å². The molecule has 2 aliphatic rings. The minimum atomic E-state index is -4.38. The summed E-state index contributed by atoms with van der Waals surface area (Å²) in [4.78, 5) is 37.3. The molecule has 0 saturated carbocycles. The molecule has 0 radical (unpaired) electrons. The monoisotopic (exact) mass is 806 g/mol. The third-order valence-electron chi connectivity index (χ3n) is 10.5. The first-order valence-corrected chi connectivity index (χ1v) is 20.9. The number of carboxylic acids is 1. The SMILES string of the molecule is CCC[N+]1=C(/C=C/C=C2/N(CCCCCCCC(=O)CNc3nc(Cl)nc(NCC(=O)O)n3)c3ccc(S(=O)(=O)O)cc3C2(C)C)C(C)(C)c2cc(C)ccc21. The van der Waals surface area contributed by atoms with Gasteiger partial charge >= 0.3 is 5.97 Å². The molecule has 0 saturated heterocycles. The molecule has 0 amide bonds. The predicted octanol–water partition coefficient (Wildman–Crippen LogP) is 7.62. The lowest BCUT2D eigenvalue weighted by Crippen LogP contribution is -2.28. The highest BCUT2D eigenvalue weighted by atomic mass is 35.5. The topological polar surface area (TPSA) is 178 Å². The number of Topliss-reactive ketones (excluding diaryl/α,β-unsaturated/α-hetero) is 1. The second-order valence-electron chi connectivity index (χ2n) is 15.4. The van der Waals surface area contributed by atoms with Gasteiger partial charge < -0.3 is 20.6 Å². The van der Waals surface area contributed by atoms with Gasteiger partial charge in [-0.3, -0.25) is 14.1 Å². The van der Waals surface area contributed by atoms with Gasteiger partial charge in [0.05, 0.1) is 16.9 Å². The summed E-state index contributed by atoms with van der Waals surface area (Å²) in [5.74, 6) is -1.02. The number of nitrogens with one attached hydrogen (secondary N) is 2. The molecule has 5 rings (SSSR count). The van der Waals surface area contributed by atoms with Gasteiger partial charge in [0.25, 0.3) is 10.1 Å². The normalized spacial score (nSPS) is 16.4. The smallest absolute Gasteiger partial charge is 0.322 e. The zero-order valence-electron chi connectivity index (χ0n) is 33.0. The standard InChI is InChI=1S/C41H52ClN7O6S/c1-7-21-48-32-19-17-27(2)23-30(32)40(3,4)34(48)15-13-16-35-41(5,6)31-24-29(56(53,54)55)18-20-33(31)49(35)22-12-10-8-9-11-14-28(50)25-43-38-45-37(42)46-39(47-38)44-26-36(51)52/h13,15-20,23-24H,7-12,14,21-22,25-26H2,1-6H3,(H3-,43,44,45,46,47,51,52,53,54,55)/p+1. The highest BCUT2D eigenvalue weighted by Crippen LogP contribution is 2.49. The molecular weight excluding hydrogens is 754 g/mol. The zero-order valence-corrected chi connectivity index (χ0v) is 34.6. The van der Waals surface area contributed by atoms with Crippen LogP contribution in [0.2, 0.25) is 5.28 Å². The highest BCUT2D eigenvalue weighted by Gasteiger charge is 2.44. The second-order valence-corrected chi connectivity index (χ2v) is 17.2. The number of carboxylic acid groups (broad SMARTS) is 1. The van der Waals surface area contributed by atoms with Crippen molar-refractivity contribution in [2.24, 2.45) is 0 Å². The number of hydrogen-bond acceptors (Lipinski definition) is 10. The number of benzene rings is 2. The Hall–Kier alpha value is -4.66. The number of unbranched alkanes of at least 4 members (excludes halogenated alkanes) is 4. The van der Waals surface area contributed by atoms with E-state index in [4.69, 9.17) is 16.7 Å². The van der Waals surface area contributed by atoms with Crippen LogP contribution >= 0.6 is 11.6 Å². The van der Waals surface area contributed by atoms with Crippen LogP contribution in [0.5, 0.6) is 0 Å². The van der Waals surface area contributed by atoms with Gasteiger partial charge in [-0.1, -0.05) is 57.7 Å². The number of aryl methyl sites for hydroxylation is 1. The van der Waals surface area contributed by atoms with Crippen LogP contribution in [0.1, 0.15) is 96.3 Å². The first kappa shape index (κ1) is 42.5. The fraction of sp³-hybridized carbons (Fsp3) is 0.463. The van der Waals surface area contributed by atoms with Crippen LogP contribution in [0.15, 0.2) is 65.2 Å². The van der Waals surface area contributed by atoms with E-state index in [1.54, 1.807) is 12.1 Å². The van der Waals surface area contributed by atoms with E-state index in [0.29, 0.717) is 6.42 Å². The molecule has 0 bridgehead atoms. The molecule has 300 valence electrons. The van der Waals surface area contributed by atoms with Crippen molar-refractivity contribution in [1.82, 2.24) is 15.0 Å². The lowest BCUT2D eigenvalue weighted by molar-refractivity contribution is -0.437. The fourth-order valence-corrected chi connectivity index (χ4v) is 8.26. The molecule has 2 aromatic carbocycles. The number of aliphatic carboxylic acids is 1. The Morgan fingerprint density at radius 1 is 0.911 bits per heavy atom. The van der Waals surface area contributed by atoms with Gasteiger partial charge in [-0.05, 0) is 81.1 Å². The van der Waals surface area contributed by atoms with Gasteiger partial charge in [0.1, 0.15) is 13.1 Å². The minimum Gasteiger partial charge on any atom is -0.480 e. The Bertz CT molecular complexity index is 2180. The molecule has 4 N–H and O–H groups in total. The molecule has 1 aromatic heterocycles. The van der Waals surface area contributed by atoms with E-state index in [1.807, 2.05) is 0 Å². The maximum absolute atomic E-state index is 12.6. The summed E-state index contributed by atoms with van der Waals surface area (Å²) in [6.07, 6.45) is 12.2. The van der Waals surface area contributed by atoms with E-state index in [-0.39, 0.29) is 46.4 Å². The minimum absolute atomic E-state index is 0.00229. The third kappa shape index (κ3) is 9.82. The lowest BCUT2D eigenvalue weighted by atomic mass is 9.80. The van der Waals surface area contributed by atoms with E-state index in [1.165, 1.54) is 28.6 Å². The number of nitrogens with zero attached hydrogens (tertiary/aromatic N) is 5. The Labute approximate surface area is 334 Å². The molecule has 15 heteroatoms. The molecule has 0 aliphatic carbocycles. The second kappa shape index (κ2) is 17.6. The van der Waals surface area contributed by atoms with Crippen molar-refractivity contribution in [2.75, 3.05) is 41.7 Å². The summed E-state index contributed by atoms with van der Waals surface area (Å²) in [5, 5.41) is 14.1. The summed E-state index contributed by atoms with van der Waals surface area (Å²) in [5.41, 5.74) is 7.14. The van der Waals surface area contributed by atoms with Crippen LogP contribution in [0.4, 0.5) is 23.3 Å². The number of anilines is 3. The van der Waals surface area contributed by atoms with E-state index >= 15 is 0 Å². The van der Waals surface area contributed by atoms with Gasteiger partial charge in [0, 0.05) is 53.9 Å². The van der Waals surface area contributed by atoms with Gasteiger partial charge in [-0.25, -0.2) is 0 Å². The van der Waals surface area contributed by atoms with Crippen LogP contribution in [-0.2, 0) is 30.5 Å². The van der Waals surface area contributed by atoms with Gasteiger partial charge in [-0.15, -0.1) is 0 Å². The average molecular weight is 807 g/mol. The van der Waals surface area contributed by atoms with Crippen LogP contribution in [0, 0.1) is 6.92 Å². The Morgan fingerprint density at radius 3 is 2.27 bits per heavy atom. The molecular formula is C41H53ClN7O6S+. The molecule has 0 spiro atoms. The molecule has 0 atom stereocenters. The number of carbonyl (C=O) groups excluding carboxylic acids is 1. The van der Waals surface area contributed by atoms with Crippen molar-refractivity contribution in [1.29, 1.82) is 0 Å². The van der Waals surface area contributed by atoms with Crippen molar-refractivity contribution in [3.8, 4) is 0 Å². The van der Waals surface area contributed by atoms with E-state index in [0.717, 1.165) is 68.6 Å². The number of aromatic nitrogens is 3. The van der Waals surface area contributed by atoms with Crippen molar-refractivity contribution in [3.63, 3.8) is 0 Å². The average Bonchev–Trinajstić information content (AvgIpc) is 3.46. The molecule has 2 aliphatic heterocycles. The van der Waals surface area contributed by atoms with E-state index < -0.39 is 21.5 Å². The Kier molecular flexibility index (Phi) is 13.4. The summed E-state index contributed by atoms with van der Waals surface area (Å²) >= 11 is 5.91. The number of ketones is 1. The van der Waals surface area contributed by atoms with Crippen molar-refractivity contribution >= 4 is 62.5 Å². The fourth-order valence-electron chi connectivity index (χ4n) is 7.59. The molecule has 13 nitrogen and oxygen atoms in total. The molecule has 56 heavy (non-hydrogen) atoms. The highest BCUT2D eigenvalue weighted by molar-refractivity contribution is 7.85. The molecule has 3 aromatic rings. The van der Waals surface area contributed by atoms with Crippen LogP contribution in [0.3, 0.4) is 0 Å². The molecule has 3 heterocycles. The van der Waals surface area contributed by atoms with Crippen LogP contribution < -0.4 is 15.5 Å². The maximum Gasteiger partial charge on any atom is 0.322 e. The summed E-state index contributed by atoms with van der Waals surface area (Å²) in [7, 11) is -4.38. The summed E-state index contributed by atoms with van der Waals surface area (Å²) < 4.78 is 36.6. The first-order chi connectivity index (χ1) is 26.4. The van der Waals surface area contributed by atoms with Crippen LogP contribution in [-0.4, -0.2) is 81.2 Å². The Balaban J connectivity index is 1.22. The molecule has 0 unspecified atom stereocenters. The number of fused-ring (bicyclic) bond motifs is 2. The number of allylic oxidation sites excluding steroid dienone is 4. The number of rotatable bonds is 19.